The van der Waals surface area contributed by atoms with Gasteiger partial charge in [-0.25, -0.2) is 0 Å². The van der Waals surface area contributed by atoms with Crippen molar-refractivity contribution in [1.29, 1.82) is 0 Å². The molecule has 1 N–H and O–H groups in total. The molecule has 0 saturated carbocycles. The Hall–Kier alpha value is -0.980. The number of anilines is 1. The molecule has 0 radical (unpaired) electrons. The van der Waals surface area contributed by atoms with Crippen LogP contribution < -0.4 is 5.32 Å². The quantitative estimate of drug-likeness (QED) is 0.789. The molecule has 1 aliphatic rings. The molecule has 82 valence electrons. The summed E-state index contributed by atoms with van der Waals surface area (Å²) in [5, 5.41) is 3.54. The van der Waals surface area contributed by atoms with Crippen LogP contribution in [-0.2, 0) is 6.42 Å². The molecule has 2 atom stereocenters. The van der Waals surface area contributed by atoms with E-state index in [0.717, 1.165) is 18.4 Å². The molecular weight excluding hydrogens is 182 g/mol. The van der Waals surface area contributed by atoms with E-state index in [0.29, 0.717) is 0 Å². The largest absolute Gasteiger partial charge is 0.385 e. The summed E-state index contributed by atoms with van der Waals surface area (Å²) in [6.07, 6.45) is 3.92. The molecule has 2 unspecified atom stereocenters. The highest BCUT2D eigenvalue weighted by Gasteiger charge is 2.18. The van der Waals surface area contributed by atoms with Gasteiger partial charge < -0.3 is 5.32 Å². The molecule has 0 bridgehead atoms. The van der Waals surface area contributed by atoms with E-state index in [2.05, 4.69) is 43.4 Å². The fourth-order valence-corrected chi connectivity index (χ4v) is 2.41. The first-order valence-electron chi connectivity index (χ1n) is 6.11. The molecule has 1 heterocycles. The highest BCUT2D eigenvalue weighted by atomic mass is 14.9. The summed E-state index contributed by atoms with van der Waals surface area (Å²) in [4.78, 5) is 0. The van der Waals surface area contributed by atoms with Crippen molar-refractivity contribution in [3.05, 3.63) is 29.8 Å². The predicted octanol–water partition coefficient (Wildman–Crippen LogP) is 3.71. The maximum Gasteiger partial charge on any atom is 0.0372 e. The Labute approximate surface area is 92.9 Å². The number of fused-ring (bicyclic) bond motifs is 1. The molecule has 1 aromatic carbocycles. The first kappa shape index (κ1) is 10.5. The molecule has 0 spiro atoms. The normalized spacial score (nSPS) is 21.6. The van der Waals surface area contributed by atoms with Gasteiger partial charge in [0, 0.05) is 12.2 Å². The van der Waals surface area contributed by atoms with E-state index in [1.54, 1.807) is 0 Å². The molecule has 0 fully saturated rings. The maximum atomic E-state index is 3.54. The number of hydrogen-bond acceptors (Lipinski definition) is 1. The number of nitrogens with one attached hydrogen (secondary N) is 1. The van der Waals surface area contributed by atoms with Crippen LogP contribution in [0.4, 0.5) is 5.69 Å². The van der Waals surface area contributed by atoms with Crippen molar-refractivity contribution in [2.24, 2.45) is 11.8 Å². The van der Waals surface area contributed by atoms with Gasteiger partial charge >= 0.3 is 0 Å². The Bertz CT molecular complexity index is 319. The van der Waals surface area contributed by atoms with Crippen molar-refractivity contribution in [2.45, 2.75) is 33.1 Å². The van der Waals surface area contributed by atoms with E-state index in [-0.39, 0.29) is 0 Å². The van der Waals surface area contributed by atoms with Crippen LogP contribution in [0.25, 0.3) is 0 Å². The molecule has 0 amide bonds. The third-order valence-electron chi connectivity index (χ3n) is 3.54. The van der Waals surface area contributed by atoms with Crippen LogP contribution in [0, 0.1) is 11.8 Å². The number of rotatable bonds is 3. The topological polar surface area (TPSA) is 12.0 Å². The first-order chi connectivity index (χ1) is 7.29. The molecule has 15 heavy (non-hydrogen) atoms. The van der Waals surface area contributed by atoms with Gasteiger partial charge in [0.2, 0.25) is 0 Å². The van der Waals surface area contributed by atoms with Gasteiger partial charge in [0.15, 0.2) is 0 Å². The van der Waals surface area contributed by atoms with Crippen molar-refractivity contribution < 1.29 is 0 Å². The minimum atomic E-state index is 0.829. The third-order valence-corrected chi connectivity index (χ3v) is 3.54. The van der Waals surface area contributed by atoms with Crippen LogP contribution in [0.5, 0.6) is 0 Å². The van der Waals surface area contributed by atoms with Crippen LogP contribution in [0.1, 0.15) is 32.3 Å². The average Bonchev–Trinajstić information content (AvgIpc) is 2.29. The Morgan fingerprint density at radius 3 is 3.00 bits per heavy atom. The lowest BCUT2D eigenvalue weighted by Gasteiger charge is -2.27. The lowest BCUT2D eigenvalue weighted by Crippen LogP contribution is -2.24. The number of benzene rings is 1. The zero-order chi connectivity index (χ0) is 10.7. The Morgan fingerprint density at radius 2 is 2.20 bits per heavy atom. The first-order valence-corrected chi connectivity index (χ1v) is 6.11. The molecule has 1 aromatic rings. The molecule has 0 saturated heterocycles. The molecule has 1 heteroatoms. The molecular formula is C14H21N. The zero-order valence-corrected chi connectivity index (χ0v) is 9.79. The van der Waals surface area contributed by atoms with Gasteiger partial charge in [0.05, 0.1) is 0 Å². The standard InChI is InChI=1S/C14H21N/c1-3-11(2)8-12-9-13-6-4-5-7-14(13)15-10-12/h4-7,11-12,15H,3,8-10H2,1-2H3. The van der Waals surface area contributed by atoms with E-state index < -0.39 is 0 Å². The van der Waals surface area contributed by atoms with Gasteiger partial charge in [-0.3, -0.25) is 0 Å². The lowest BCUT2D eigenvalue weighted by atomic mass is 9.86. The maximum absolute atomic E-state index is 3.54. The predicted molar refractivity (Wildman–Crippen MR) is 66.2 cm³/mol. The van der Waals surface area contributed by atoms with E-state index in [9.17, 15) is 0 Å². The second kappa shape index (κ2) is 4.69. The minimum Gasteiger partial charge on any atom is -0.385 e. The zero-order valence-electron chi connectivity index (χ0n) is 9.79. The highest BCUT2D eigenvalue weighted by molar-refractivity contribution is 5.53. The number of para-hydroxylation sites is 1. The summed E-state index contributed by atoms with van der Waals surface area (Å²) in [6, 6.07) is 8.70. The molecule has 2 rings (SSSR count). The van der Waals surface area contributed by atoms with E-state index >= 15 is 0 Å². The van der Waals surface area contributed by atoms with Crippen LogP contribution in [0.2, 0.25) is 0 Å². The second-order valence-electron chi connectivity index (χ2n) is 4.86. The monoisotopic (exact) mass is 203 g/mol. The smallest absolute Gasteiger partial charge is 0.0372 e. The van der Waals surface area contributed by atoms with Gasteiger partial charge in [0.1, 0.15) is 0 Å². The van der Waals surface area contributed by atoms with Crippen molar-refractivity contribution in [3.63, 3.8) is 0 Å². The van der Waals surface area contributed by atoms with Crippen molar-refractivity contribution >= 4 is 5.69 Å². The van der Waals surface area contributed by atoms with Gasteiger partial charge in [0.25, 0.3) is 0 Å². The Morgan fingerprint density at radius 1 is 1.40 bits per heavy atom. The van der Waals surface area contributed by atoms with E-state index in [1.807, 2.05) is 0 Å². The molecule has 1 aliphatic heterocycles. The molecule has 0 aliphatic carbocycles. The lowest BCUT2D eigenvalue weighted by molar-refractivity contribution is 0.388. The Kier molecular flexibility index (Phi) is 3.30. The van der Waals surface area contributed by atoms with Gasteiger partial charge in [-0.2, -0.15) is 0 Å². The average molecular weight is 203 g/mol. The van der Waals surface area contributed by atoms with Crippen LogP contribution in [0.3, 0.4) is 0 Å². The fraction of sp³-hybridized carbons (Fsp3) is 0.571. The van der Waals surface area contributed by atoms with E-state index in [4.69, 9.17) is 0 Å². The van der Waals surface area contributed by atoms with Gasteiger partial charge in [-0.1, -0.05) is 38.5 Å². The minimum absolute atomic E-state index is 0.829. The fourth-order valence-electron chi connectivity index (χ4n) is 2.41. The van der Waals surface area contributed by atoms with E-state index in [1.165, 1.54) is 30.5 Å². The van der Waals surface area contributed by atoms with Crippen molar-refractivity contribution in [2.75, 3.05) is 11.9 Å². The van der Waals surface area contributed by atoms with Gasteiger partial charge in [-0.05, 0) is 36.3 Å². The SMILES string of the molecule is CCC(C)CC1CNc2ccccc2C1. The van der Waals surface area contributed by atoms with Crippen molar-refractivity contribution in [1.82, 2.24) is 0 Å². The second-order valence-corrected chi connectivity index (χ2v) is 4.86. The summed E-state index contributed by atoms with van der Waals surface area (Å²) >= 11 is 0. The Balaban J connectivity index is 1.99. The highest BCUT2D eigenvalue weighted by Crippen LogP contribution is 2.28. The summed E-state index contributed by atoms with van der Waals surface area (Å²) in [5.74, 6) is 1.69. The summed E-state index contributed by atoms with van der Waals surface area (Å²) in [6.45, 7) is 5.80. The summed E-state index contributed by atoms with van der Waals surface area (Å²) in [5.41, 5.74) is 2.84. The van der Waals surface area contributed by atoms with Crippen molar-refractivity contribution in [3.8, 4) is 0 Å². The van der Waals surface area contributed by atoms with Crippen LogP contribution >= 0.6 is 0 Å². The van der Waals surface area contributed by atoms with Gasteiger partial charge in [-0.15, -0.1) is 0 Å². The third kappa shape index (κ3) is 2.53. The van der Waals surface area contributed by atoms with Crippen LogP contribution in [-0.4, -0.2) is 6.54 Å². The molecule has 1 nitrogen and oxygen atoms in total. The van der Waals surface area contributed by atoms with Crippen LogP contribution in [0.15, 0.2) is 24.3 Å². The number of hydrogen-bond donors (Lipinski definition) is 1. The molecule has 0 aromatic heterocycles. The summed E-state index contributed by atoms with van der Waals surface area (Å²) in [7, 11) is 0. The summed E-state index contributed by atoms with van der Waals surface area (Å²) < 4.78 is 0.